The van der Waals surface area contributed by atoms with E-state index < -0.39 is 23.5 Å². The second-order valence-electron chi connectivity index (χ2n) is 5.68. The van der Waals surface area contributed by atoms with Crippen LogP contribution in [0.5, 0.6) is 5.75 Å². The van der Waals surface area contributed by atoms with Crippen LogP contribution in [0, 0.1) is 0 Å². The molecule has 0 saturated carbocycles. The van der Waals surface area contributed by atoms with Gasteiger partial charge in [-0.05, 0) is 19.1 Å². The molecular formula is C15H15N3O5. The molecule has 1 atom stereocenters. The molecule has 3 aliphatic rings. The van der Waals surface area contributed by atoms with Gasteiger partial charge in [0, 0.05) is 13.6 Å². The van der Waals surface area contributed by atoms with Crippen LogP contribution in [0.15, 0.2) is 29.3 Å². The van der Waals surface area contributed by atoms with Gasteiger partial charge in [-0.3, -0.25) is 9.89 Å². The van der Waals surface area contributed by atoms with E-state index in [2.05, 4.69) is 10.3 Å². The topological polar surface area (TPSA) is 89.5 Å². The van der Waals surface area contributed by atoms with E-state index in [0.29, 0.717) is 30.4 Å². The van der Waals surface area contributed by atoms with Gasteiger partial charge in [0.25, 0.3) is 5.60 Å². The maximum atomic E-state index is 11.8. The lowest BCUT2D eigenvalue weighted by Crippen LogP contribution is -2.73. The number of hydrogen-bond donors (Lipinski definition) is 1. The number of esters is 2. The molecule has 8 heteroatoms. The molecule has 3 heterocycles. The zero-order valence-electron chi connectivity index (χ0n) is 12.7. The molecule has 0 aromatic heterocycles. The number of anilines is 1. The fourth-order valence-electron chi connectivity index (χ4n) is 3.19. The van der Waals surface area contributed by atoms with Crippen molar-refractivity contribution in [2.45, 2.75) is 18.4 Å². The Balaban J connectivity index is 1.92. The molecule has 1 aromatic carbocycles. The van der Waals surface area contributed by atoms with Crippen LogP contribution in [0.2, 0.25) is 0 Å². The quantitative estimate of drug-likeness (QED) is 0.577. The number of para-hydroxylation sites is 2. The Morgan fingerprint density at radius 2 is 1.87 bits per heavy atom. The SMILES string of the molecule is CN1c2ccccc2OC(C)(C2=NCCN2)C12OC(=O)C(=O)O2. The van der Waals surface area contributed by atoms with E-state index in [1.807, 2.05) is 12.1 Å². The number of ether oxygens (including phenoxy) is 3. The standard InChI is InChI=1S/C15H15N3O5/c1-14(13-16-7-8-17-13)15(22-11(19)12(20)23-15)18(2)9-5-3-4-6-10(9)21-14/h3-6H,7-8H2,1-2H3,(H,16,17). The smallest absolute Gasteiger partial charge is 0.422 e. The minimum atomic E-state index is -1.74. The maximum Gasteiger partial charge on any atom is 0.422 e. The number of hydrogen-bond acceptors (Lipinski definition) is 8. The Labute approximate surface area is 132 Å². The van der Waals surface area contributed by atoms with Crippen LogP contribution in [0.3, 0.4) is 0 Å². The molecule has 3 aliphatic heterocycles. The van der Waals surface area contributed by atoms with Crippen LogP contribution < -0.4 is 15.0 Å². The van der Waals surface area contributed by atoms with E-state index in [0.717, 1.165) is 0 Å². The molecule has 1 N–H and O–H groups in total. The van der Waals surface area contributed by atoms with E-state index in [1.54, 1.807) is 31.0 Å². The summed E-state index contributed by atoms with van der Waals surface area (Å²) in [6.45, 7) is 2.89. The molecular weight excluding hydrogens is 302 g/mol. The first-order valence-electron chi connectivity index (χ1n) is 7.25. The first kappa shape index (κ1) is 13.9. The van der Waals surface area contributed by atoms with Crippen molar-refractivity contribution in [1.29, 1.82) is 0 Å². The number of likely N-dealkylation sites (N-methyl/N-ethyl adjacent to an activating group) is 1. The van der Waals surface area contributed by atoms with Gasteiger partial charge in [-0.1, -0.05) is 12.1 Å². The molecule has 1 aromatic rings. The maximum absolute atomic E-state index is 11.8. The van der Waals surface area contributed by atoms with Crippen LogP contribution in [0.1, 0.15) is 6.92 Å². The lowest BCUT2D eigenvalue weighted by atomic mass is 9.95. The number of nitrogens with zero attached hydrogens (tertiary/aromatic N) is 2. The fourth-order valence-corrected chi connectivity index (χ4v) is 3.19. The second-order valence-corrected chi connectivity index (χ2v) is 5.68. The largest absolute Gasteiger partial charge is 0.467 e. The van der Waals surface area contributed by atoms with Gasteiger partial charge in [0.1, 0.15) is 5.75 Å². The zero-order chi connectivity index (χ0) is 16.2. The first-order valence-corrected chi connectivity index (χ1v) is 7.25. The average molecular weight is 317 g/mol. The van der Waals surface area contributed by atoms with E-state index in [4.69, 9.17) is 14.2 Å². The number of carbonyl (C=O) groups is 2. The monoisotopic (exact) mass is 317 g/mol. The Hall–Kier alpha value is -2.77. The van der Waals surface area contributed by atoms with Gasteiger partial charge in [-0.15, -0.1) is 0 Å². The fraction of sp³-hybridized carbons (Fsp3) is 0.400. The van der Waals surface area contributed by atoms with E-state index >= 15 is 0 Å². The minimum Gasteiger partial charge on any atom is -0.467 e. The van der Waals surface area contributed by atoms with Crippen molar-refractivity contribution in [3.05, 3.63) is 24.3 Å². The summed E-state index contributed by atoms with van der Waals surface area (Å²) in [5, 5.41) is 3.11. The molecule has 1 saturated heterocycles. The van der Waals surface area contributed by atoms with Crippen molar-refractivity contribution >= 4 is 23.5 Å². The number of fused-ring (bicyclic) bond motifs is 1. The molecule has 120 valence electrons. The van der Waals surface area contributed by atoms with Gasteiger partial charge in [0.05, 0.1) is 12.2 Å². The molecule has 1 spiro atoms. The molecule has 23 heavy (non-hydrogen) atoms. The van der Waals surface area contributed by atoms with Crippen molar-refractivity contribution in [1.82, 2.24) is 5.32 Å². The van der Waals surface area contributed by atoms with Crippen molar-refractivity contribution in [3.8, 4) is 5.75 Å². The van der Waals surface area contributed by atoms with Gasteiger partial charge in [-0.2, -0.15) is 0 Å². The molecule has 0 aliphatic carbocycles. The molecule has 8 nitrogen and oxygen atoms in total. The number of amidine groups is 1. The highest BCUT2D eigenvalue weighted by atomic mass is 16.8. The van der Waals surface area contributed by atoms with Crippen LogP contribution >= 0.6 is 0 Å². The molecule has 0 amide bonds. The summed E-state index contributed by atoms with van der Waals surface area (Å²) in [5.41, 5.74) is -0.667. The van der Waals surface area contributed by atoms with Crippen LogP contribution in [-0.4, -0.2) is 49.4 Å². The third kappa shape index (κ3) is 1.63. The third-order valence-corrected chi connectivity index (χ3v) is 4.34. The summed E-state index contributed by atoms with van der Waals surface area (Å²) in [5.74, 6) is -2.79. The summed E-state index contributed by atoms with van der Waals surface area (Å²) in [6.07, 6.45) is 0. The van der Waals surface area contributed by atoms with Gasteiger partial charge in [0.15, 0.2) is 5.84 Å². The number of nitrogens with one attached hydrogen (secondary N) is 1. The third-order valence-electron chi connectivity index (χ3n) is 4.34. The highest BCUT2D eigenvalue weighted by molar-refractivity contribution is 6.31. The number of aliphatic imine (C=N–C) groups is 1. The summed E-state index contributed by atoms with van der Waals surface area (Å²) in [7, 11) is 1.68. The van der Waals surface area contributed by atoms with Gasteiger partial charge in [-0.25, -0.2) is 9.59 Å². The summed E-state index contributed by atoms with van der Waals surface area (Å²) < 4.78 is 16.9. The van der Waals surface area contributed by atoms with Crippen LogP contribution in [0.25, 0.3) is 0 Å². The molecule has 0 bridgehead atoms. The number of benzene rings is 1. The predicted octanol–water partition coefficient (Wildman–Crippen LogP) is 0.0294. The van der Waals surface area contributed by atoms with Gasteiger partial charge >= 0.3 is 17.8 Å². The zero-order valence-corrected chi connectivity index (χ0v) is 12.7. The first-order chi connectivity index (χ1) is 11.0. The van der Waals surface area contributed by atoms with Crippen molar-refractivity contribution in [2.24, 2.45) is 4.99 Å². The Kier molecular flexibility index (Phi) is 2.64. The van der Waals surface area contributed by atoms with Crippen molar-refractivity contribution < 1.29 is 23.8 Å². The van der Waals surface area contributed by atoms with Crippen molar-refractivity contribution in [2.75, 3.05) is 25.0 Å². The van der Waals surface area contributed by atoms with Crippen LogP contribution in [0.4, 0.5) is 5.69 Å². The highest BCUT2D eigenvalue weighted by Crippen LogP contribution is 2.48. The lowest BCUT2D eigenvalue weighted by Gasteiger charge is -2.50. The summed E-state index contributed by atoms with van der Waals surface area (Å²) >= 11 is 0. The Morgan fingerprint density at radius 3 is 2.52 bits per heavy atom. The van der Waals surface area contributed by atoms with E-state index in [-0.39, 0.29) is 0 Å². The predicted molar refractivity (Wildman–Crippen MR) is 79.1 cm³/mol. The second kappa shape index (κ2) is 4.37. The van der Waals surface area contributed by atoms with Crippen molar-refractivity contribution in [3.63, 3.8) is 0 Å². The lowest BCUT2D eigenvalue weighted by molar-refractivity contribution is -0.230. The molecule has 1 fully saturated rings. The van der Waals surface area contributed by atoms with Gasteiger partial charge < -0.3 is 19.5 Å². The average Bonchev–Trinajstić information content (AvgIpc) is 3.16. The molecule has 1 unspecified atom stereocenters. The Bertz CT molecular complexity index is 730. The van der Waals surface area contributed by atoms with E-state index in [9.17, 15) is 9.59 Å². The number of carbonyl (C=O) groups excluding carboxylic acids is 2. The minimum absolute atomic E-state index is 0.473. The van der Waals surface area contributed by atoms with E-state index in [1.165, 1.54) is 0 Å². The molecule has 4 rings (SSSR count). The highest BCUT2D eigenvalue weighted by Gasteiger charge is 2.71. The van der Waals surface area contributed by atoms with Crippen LogP contribution in [-0.2, 0) is 19.1 Å². The normalized spacial score (nSPS) is 27.7. The number of rotatable bonds is 1. The summed E-state index contributed by atoms with van der Waals surface area (Å²) in [6, 6.07) is 7.24. The molecule has 0 radical (unpaired) electrons. The summed E-state index contributed by atoms with van der Waals surface area (Å²) in [4.78, 5) is 29.5. The van der Waals surface area contributed by atoms with Gasteiger partial charge in [0.2, 0.25) is 0 Å². The Morgan fingerprint density at radius 1 is 1.17 bits per heavy atom.